The molecular formula is C16H21NS. The highest BCUT2D eigenvalue weighted by Crippen LogP contribution is 2.24. The van der Waals surface area contributed by atoms with E-state index in [2.05, 4.69) is 61.9 Å². The van der Waals surface area contributed by atoms with Crippen LogP contribution >= 0.6 is 11.3 Å². The van der Waals surface area contributed by atoms with E-state index in [1.54, 1.807) is 0 Å². The van der Waals surface area contributed by atoms with Crippen molar-refractivity contribution < 1.29 is 0 Å². The van der Waals surface area contributed by atoms with E-state index in [-0.39, 0.29) is 0 Å². The Labute approximate surface area is 114 Å². The van der Waals surface area contributed by atoms with Crippen LogP contribution in [-0.2, 0) is 6.42 Å². The Morgan fingerprint density at radius 3 is 2.61 bits per heavy atom. The molecule has 0 aliphatic carbocycles. The van der Waals surface area contributed by atoms with Crippen molar-refractivity contribution in [3.8, 4) is 0 Å². The maximum Gasteiger partial charge on any atom is 0.0329 e. The second kappa shape index (κ2) is 6.17. The third-order valence-electron chi connectivity index (χ3n) is 3.47. The van der Waals surface area contributed by atoms with Crippen molar-refractivity contribution in [3.05, 3.63) is 57.3 Å². The molecule has 2 rings (SSSR count). The average Bonchev–Trinajstić information content (AvgIpc) is 2.79. The lowest BCUT2D eigenvalue weighted by molar-refractivity contribution is 0.550. The Morgan fingerprint density at radius 2 is 2.00 bits per heavy atom. The van der Waals surface area contributed by atoms with E-state index in [1.807, 2.05) is 11.3 Å². The fourth-order valence-corrected chi connectivity index (χ4v) is 3.07. The van der Waals surface area contributed by atoms with Gasteiger partial charge < -0.3 is 5.32 Å². The summed E-state index contributed by atoms with van der Waals surface area (Å²) in [6.45, 7) is 4.36. The highest BCUT2D eigenvalue weighted by molar-refractivity contribution is 7.10. The minimum absolute atomic E-state index is 0.467. The zero-order valence-electron chi connectivity index (χ0n) is 11.4. The van der Waals surface area contributed by atoms with Gasteiger partial charge in [0.2, 0.25) is 0 Å². The summed E-state index contributed by atoms with van der Waals surface area (Å²) in [5.41, 5.74) is 4.28. The van der Waals surface area contributed by atoms with Crippen LogP contribution in [0, 0.1) is 13.8 Å². The van der Waals surface area contributed by atoms with Gasteiger partial charge in [-0.15, -0.1) is 11.3 Å². The molecule has 0 saturated carbocycles. The molecule has 1 aromatic heterocycles. The van der Waals surface area contributed by atoms with E-state index in [0.717, 1.165) is 12.8 Å². The quantitative estimate of drug-likeness (QED) is 0.846. The predicted molar refractivity (Wildman–Crippen MR) is 80.4 cm³/mol. The first-order valence-electron chi connectivity index (χ1n) is 6.47. The number of hydrogen-bond acceptors (Lipinski definition) is 2. The molecular weight excluding hydrogens is 238 g/mol. The van der Waals surface area contributed by atoms with Crippen LogP contribution in [-0.4, -0.2) is 7.05 Å². The summed E-state index contributed by atoms with van der Waals surface area (Å²) in [7, 11) is 2.05. The maximum absolute atomic E-state index is 3.43. The summed E-state index contributed by atoms with van der Waals surface area (Å²) in [6, 6.07) is 11.4. The highest BCUT2D eigenvalue weighted by atomic mass is 32.1. The van der Waals surface area contributed by atoms with E-state index in [9.17, 15) is 0 Å². The van der Waals surface area contributed by atoms with E-state index in [4.69, 9.17) is 0 Å². The van der Waals surface area contributed by atoms with Crippen molar-refractivity contribution in [2.24, 2.45) is 0 Å². The Balaban J connectivity index is 2.02. The van der Waals surface area contributed by atoms with Gasteiger partial charge in [-0.3, -0.25) is 0 Å². The molecule has 1 nitrogen and oxygen atoms in total. The van der Waals surface area contributed by atoms with Crippen LogP contribution in [0.5, 0.6) is 0 Å². The van der Waals surface area contributed by atoms with E-state index < -0.39 is 0 Å². The second-order valence-corrected chi connectivity index (χ2v) is 5.91. The molecule has 0 spiro atoms. The second-order valence-electron chi connectivity index (χ2n) is 4.80. The lowest BCUT2D eigenvalue weighted by Crippen LogP contribution is -2.16. The minimum Gasteiger partial charge on any atom is -0.313 e. The molecule has 0 amide bonds. The van der Waals surface area contributed by atoms with Crippen molar-refractivity contribution in [2.45, 2.75) is 32.7 Å². The molecule has 1 heterocycles. The predicted octanol–water partition coefficient (Wildman–Crippen LogP) is 4.26. The van der Waals surface area contributed by atoms with Crippen LogP contribution in [0.3, 0.4) is 0 Å². The van der Waals surface area contributed by atoms with E-state index in [1.165, 1.54) is 21.6 Å². The van der Waals surface area contributed by atoms with Gasteiger partial charge in [0.1, 0.15) is 0 Å². The molecule has 96 valence electrons. The normalized spacial score (nSPS) is 12.6. The van der Waals surface area contributed by atoms with Gasteiger partial charge in [0.15, 0.2) is 0 Å². The van der Waals surface area contributed by atoms with Crippen molar-refractivity contribution in [2.75, 3.05) is 7.05 Å². The third kappa shape index (κ3) is 3.21. The molecule has 0 aliphatic heterocycles. The van der Waals surface area contributed by atoms with Crippen LogP contribution in [0.4, 0.5) is 0 Å². The maximum atomic E-state index is 3.43. The first kappa shape index (κ1) is 13.3. The largest absolute Gasteiger partial charge is 0.313 e. The Kier molecular flexibility index (Phi) is 4.56. The fraction of sp³-hybridized carbons (Fsp3) is 0.375. The van der Waals surface area contributed by atoms with Gasteiger partial charge in [-0.25, -0.2) is 0 Å². The third-order valence-corrected chi connectivity index (χ3v) is 4.34. The monoisotopic (exact) mass is 259 g/mol. The Hall–Kier alpha value is -1.12. The Bertz CT molecular complexity index is 501. The summed E-state index contributed by atoms with van der Waals surface area (Å²) >= 11 is 1.83. The minimum atomic E-state index is 0.467. The number of aryl methyl sites for hydroxylation is 3. The van der Waals surface area contributed by atoms with Crippen molar-refractivity contribution in [3.63, 3.8) is 0 Å². The topological polar surface area (TPSA) is 12.0 Å². The lowest BCUT2D eigenvalue weighted by Gasteiger charge is -2.15. The van der Waals surface area contributed by atoms with Crippen molar-refractivity contribution in [1.82, 2.24) is 5.32 Å². The molecule has 2 heteroatoms. The number of hydrogen-bond donors (Lipinski definition) is 1. The van der Waals surface area contributed by atoms with Crippen LogP contribution < -0.4 is 5.32 Å². The van der Waals surface area contributed by atoms with E-state index >= 15 is 0 Å². The number of benzene rings is 1. The van der Waals surface area contributed by atoms with Gasteiger partial charge >= 0.3 is 0 Å². The van der Waals surface area contributed by atoms with Crippen LogP contribution in [0.25, 0.3) is 0 Å². The molecule has 0 bridgehead atoms. The van der Waals surface area contributed by atoms with E-state index in [0.29, 0.717) is 6.04 Å². The summed E-state index contributed by atoms with van der Waals surface area (Å²) in [5, 5.41) is 5.70. The molecule has 0 saturated heterocycles. The summed E-state index contributed by atoms with van der Waals surface area (Å²) in [6.07, 6.45) is 2.28. The summed E-state index contributed by atoms with van der Waals surface area (Å²) in [5.74, 6) is 0. The number of thiophene rings is 1. The van der Waals surface area contributed by atoms with Crippen molar-refractivity contribution in [1.29, 1.82) is 0 Å². The number of rotatable bonds is 5. The fourth-order valence-electron chi connectivity index (χ4n) is 2.31. The SMILES string of the molecule is CNC(CCc1ccccc1C)c1csc(C)c1. The molecule has 1 N–H and O–H groups in total. The lowest BCUT2D eigenvalue weighted by atomic mass is 9.98. The molecule has 0 aliphatic rings. The number of nitrogens with one attached hydrogen (secondary N) is 1. The molecule has 2 aromatic rings. The van der Waals surface area contributed by atoms with Gasteiger partial charge in [-0.1, -0.05) is 24.3 Å². The van der Waals surface area contributed by atoms with Gasteiger partial charge in [0, 0.05) is 10.9 Å². The smallest absolute Gasteiger partial charge is 0.0329 e. The summed E-state index contributed by atoms with van der Waals surface area (Å²) in [4.78, 5) is 1.39. The molecule has 1 aromatic carbocycles. The highest BCUT2D eigenvalue weighted by Gasteiger charge is 2.11. The van der Waals surface area contributed by atoms with Crippen LogP contribution in [0.2, 0.25) is 0 Å². The molecule has 18 heavy (non-hydrogen) atoms. The average molecular weight is 259 g/mol. The van der Waals surface area contributed by atoms with Gasteiger partial charge in [-0.2, -0.15) is 0 Å². The van der Waals surface area contributed by atoms with Gasteiger partial charge in [0.25, 0.3) is 0 Å². The van der Waals surface area contributed by atoms with Crippen molar-refractivity contribution >= 4 is 11.3 Å². The standard InChI is InChI=1S/C16H21NS/c1-12-6-4-5-7-14(12)8-9-16(17-3)15-10-13(2)18-11-15/h4-7,10-11,16-17H,8-9H2,1-3H3. The molecule has 0 radical (unpaired) electrons. The first-order valence-corrected chi connectivity index (χ1v) is 7.35. The van der Waals surface area contributed by atoms with Crippen LogP contribution in [0.1, 0.15) is 34.0 Å². The van der Waals surface area contributed by atoms with Gasteiger partial charge in [-0.05, 0) is 61.9 Å². The zero-order valence-corrected chi connectivity index (χ0v) is 12.2. The summed E-state index contributed by atoms with van der Waals surface area (Å²) < 4.78 is 0. The zero-order chi connectivity index (χ0) is 13.0. The van der Waals surface area contributed by atoms with Gasteiger partial charge in [0.05, 0.1) is 0 Å². The van der Waals surface area contributed by atoms with Crippen LogP contribution in [0.15, 0.2) is 35.7 Å². The molecule has 1 unspecified atom stereocenters. The first-order chi connectivity index (χ1) is 8.70. The molecule has 0 fully saturated rings. The Morgan fingerprint density at radius 1 is 1.22 bits per heavy atom. The molecule has 1 atom stereocenters.